The second kappa shape index (κ2) is 6.37. The fraction of sp³-hybridized carbons (Fsp3) is 0.200. The van der Waals surface area contributed by atoms with E-state index >= 15 is 0 Å². The van der Waals surface area contributed by atoms with Crippen molar-refractivity contribution in [2.75, 3.05) is 0 Å². The van der Waals surface area contributed by atoms with E-state index in [1.807, 2.05) is 6.07 Å². The van der Waals surface area contributed by atoms with Crippen molar-refractivity contribution in [3.8, 4) is 16.9 Å². The smallest absolute Gasteiger partial charge is 0.131 e. The van der Waals surface area contributed by atoms with Gasteiger partial charge in [0.05, 0.1) is 0 Å². The first-order valence-corrected chi connectivity index (χ1v) is 7.79. The largest absolute Gasteiger partial charge is 0.508 e. The Balaban J connectivity index is 2.04. The molecule has 0 aromatic heterocycles. The minimum Gasteiger partial charge on any atom is -0.508 e. The third-order valence-corrected chi connectivity index (χ3v) is 4.05. The number of hydrogen-bond donors (Lipinski definition) is 1. The Kier molecular flexibility index (Phi) is 4.28. The zero-order valence-electron chi connectivity index (χ0n) is 12.9. The van der Waals surface area contributed by atoms with Gasteiger partial charge in [0.1, 0.15) is 17.4 Å². The van der Waals surface area contributed by atoms with E-state index in [4.69, 9.17) is 0 Å². The molecule has 0 aliphatic heterocycles. The highest BCUT2D eigenvalue weighted by Gasteiger charge is 2.10. The van der Waals surface area contributed by atoms with E-state index in [0.29, 0.717) is 21.9 Å². The van der Waals surface area contributed by atoms with E-state index in [2.05, 4.69) is 6.92 Å². The van der Waals surface area contributed by atoms with E-state index in [0.717, 1.165) is 24.8 Å². The molecule has 0 spiro atoms. The molecule has 1 nitrogen and oxygen atoms in total. The lowest BCUT2D eigenvalue weighted by Crippen LogP contribution is -1.91. The van der Waals surface area contributed by atoms with Gasteiger partial charge in [-0.2, -0.15) is 0 Å². The summed E-state index contributed by atoms with van der Waals surface area (Å²) in [4.78, 5) is 0. The van der Waals surface area contributed by atoms with Crippen molar-refractivity contribution in [1.82, 2.24) is 0 Å². The number of unbranched alkanes of at least 4 members (excludes halogenated alkanes) is 1. The molecule has 0 atom stereocenters. The van der Waals surface area contributed by atoms with Crippen LogP contribution in [0.4, 0.5) is 8.78 Å². The van der Waals surface area contributed by atoms with Gasteiger partial charge in [-0.25, -0.2) is 8.78 Å². The summed E-state index contributed by atoms with van der Waals surface area (Å²) in [6, 6.07) is 12.7. The number of rotatable bonds is 4. The Morgan fingerprint density at radius 1 is 0.913 bits per heavy atom. The normalized spacial score (nSPS) is 11.1. The molecule has 0 heterocycles. The van der Waals surface area contributed by atoms with Crippen LogP contribution in [-0.4, -0.2) is 5.11 Å². The van der Waals surface area contributed by atoms with E-state index in [1.165, 1.54) is 24.3 Å². The lowest BCUT2D eigenvalue weighted by atomic mass is 9.98. The molecule has 118 valence electrons. The lowest BCUT2D eigenvalue weighted by molar-refractivity contribution is 0.476. The van der Waals surface area contributed by atoms with Crippen LogP contribution in [0.2, 0.25) is 0 Å². The maximum Gasteiger partial charge on any atom is 0.131 e. The molecule has 0 aliphatic rings. The molecule has 0 unspecified atom stereocenters. The summed E-state index contributed by atoms with van der Waals surface area (Å²) in [7, 11) is 0. The van der Waals surface area contributed by atoms with Gasteiger partial charge in [-0.05, 0) is 59.7 Å². The third kappa shape index (κ3) is 3.19. The van der Waals surface area contributed by atoms with Crippen molar-refractivity contribution < 1.29 is 13.9 Å². The molecule has 3 aromatic carbocycles. The molecule has 0 saturated heterocycles. The highest BCUT2D eigenvalue weighted by molar-refractivity contribution is 5.89. The number of phenols is 1. The van der Waals surface area contributed by atoms with Crippen LogP contribution in [0.5, 0.6) is 5.75 Å². The van der Waals surface area contributed by atoms with Crippen molar-refractivity contribution in [2.24, 2.45) is 0 Å². The summed E-state index contributed by atoms with van der Waals surface area (Å²) in [5, 5.41) is 10.4. The van der Waals surface area contributed by atoms with Gasteiger partial charge in [0.2, 0.25) is 0 Å². The topological polar surface area (TPSA) is 20.2 Å². The van der Waals surface area contributed by atoms with Crippen LogP contribution in [0.1, 0.15) is 25.3 Å². The maximum atomic E-state index is 14.4. The zero-order chi connectivity index (χ0) is 16.4. The van der Waals surface area contributed by atoms with Gasteiger partial charge >= 0.3 is 0 Å². The summed E-state index contributed by atoms with van der Waals surface area (Å²) >= 11 is 0. The standard InChI is InChI=1S/C20H18F2O/c1-2-3-4-13-5-8-17(19(21)9-13)15-10-14-6-7-16(23)12-18(14)20(22)11-15/h5-12,23H,2-4H2,1H3. The first-order chi connectivity index (χ1) is 11.1. The van der Waals surface area contributed by atoms with E-state index in [1.54, 1.807) is 18.2 Å². The van der Waals surface area contributed by atoms with E-state index < -0.39 is 5.82 Å². The second-order valence-electron chi connectivity index (χ2n) is 5.78. The second-order valence-corrected chi connectivity index (χ2v) is 5.78. The quantitative estimate of drug-likeness (QED) is 0.642. The fourth-order valence-electron chi connectivity index (χ4n) is 2.79. The number of aryl methyl sites for hydroxylation is 1. The van der Waals surface area contributed by atoms with Crippen molar-refractivity contribution in [3.63, 3.8) is 0 Å². The first kappa shape index (κ1) is 15.5. The predicted octanol–water partition coefficient (Wildman–Crippen LogP) is 5.83. The van der Waals surface area contributed by atoms with Crippen LogP contribution >= 0.6 is 0 Å². The van der Waals surface area contributed by atoms with Gasteiger partial charge in [0.15, 0.2) is 0 Å². The molecule has 0 fully saturated rings. The van der Waals surface area contributed by atoms with Gasteiger partial charge in [-0.3, -0.25) is 0 Å². The Bertz CT molecular complexity index is 856. The summed E-state index contributed by atoms with van der Waals surface area (Å²) in [6.07, 6.45) is 2.93. The number of hydrogen-bond acceptors (Lipinski definition) is 1. The molecule has 1 N–H and O–H groups in total. The van der Waals surface area contributed by atoms with Crippen LogP contribution in [0.3, 0.4) is 0 Å². The maximum absolute atomic E-state index is 14.4. The highest BCUT2D eigenvalue weighted by atomic mass is 19.1. The number of aromatic hydroxyl groups is 1. The number of benzene rings is 3. The van der Waals surface area contributed by atoms with Gasteiger partial charge in [-0.1, -0.05) is 31.5 Å². The highest BCUT2D eigenvalue weighted by Crippen LogP contribution is 2.31. The lowest BCUT2D eigenvalue weighted by Gasteiger charge is -2.09. The van der Waals surface area contributed by atoms with E-state index in [9.17, 15) is 13.9 Å². The van der Waals surface area contributed by atoms with Crippen molar-refractivity contribution in [3.05, 3.63) is 65.7 Å². The molecule has 3 aromatic rings. The SMILES string of the molecule is CCCCc1ccc(-c2cc(F)c3cc(O)ccc3c2)c(F)c1. The zero-order valence-corrected chi connectivity index (χ0v) is 12.9. The molecule has 0 amide bonds. The third-order valence-electron chi connectivity index (χ3n) is 4.05. The Hall–Kier alpha value is -2.42. The van der Waals surface area contributed by atoms with Crippen LogP contribution in [-0.2, 0) is 6.42 Å². The van der Waals surface area contributed by atoms with Crippen molar-refractivity contribution >= 4 is 10.8 Å². The molecule has 23 heavy (non-hydrogen) atoms. The van der Waals surface area contributed by atoms with Gasteiger partial charge in [-0.15, -0.1) is 0 Å². The monoisotopic (exact) mass is 312 g/mol. The van der Waals surface area contributed by atoms with Crippen LogP contribution in [0.15, 0.2) is 48.5 Å². The van der Waals surface area contributed by atoms with Crippen LogP contribution in [0.25, 0.3) is 21.9 Å². The average molecular weight is 312 g/mol. The van der Waals surface area contributed by atoms with Crippen LogP contribution in [0, 0.1) is 11.6 Å². The molecule has 3 heteroatoms. The molecule has 0 saturated carbocycles. The Morgan fingerprint density at radius 3 is 2.48 bits per heavy atom. The van der Waals surface area contributed by atoms with Crippen LogP contribution < -0.4 is 0 Å². The predicted molar refractivity (Wildman–Crippen MR) is 89.6 cm³/mol. The van der Waals surface area contributed by atoms with Crippen molar-refractivity contribution in [2.45, 2.75) is 26.2 Å². The minimum absolute atomic E-state index is 0.00982. The fourth-order valence-corrected chi connectivity index (χ4v) is 2.79. The molecular formula is C20H18F2O. The summed E-state index contributed by atoms with van der Waals surface area (Å²) < 4.78 is 28.7. The summed E-state index contributed by atoms with van der Waals surface area (Å²) in [6.45, 7) is 2.10. The van der Waals surface area contributed by atoms with Gasteiger partial charge in [0.25, 0.3) is 0 Å². The van der Waals surface area contributed by atoms with Gasteiger partial charge < -0.3 is 5.11 Å². The molecule has 0 aliphatic carbocycles. The average Bonchev–Trinajstić information content (AvgIpc) is 2.53. The number of halogens is 2. The molecule has 0 radical (unpaired) electrons. The Morgan fingerprint density at radius 2 is 1.74 bits per heavy atom. The summed E-state index contributed by atoms with van der Waals surface area (Å²) in [5.41, 5.74) is 1.85. The molecule has 0 bridgehead atoms. The van der Waals surface area contributed by atoms with Gasteiger partial charge in [0, 0.05) is 10.9 Å². The number of fused-ring (bicyclic) bond motifs is 1. The first-order valence-electron chi connectivity index (χ1n) is 7.79. The molecular weight excluding hydrogens is 294 g/mol. The van der Waals surface area contributed by atoms with Crippen molar-refractivity contribution in [1.29, 1.82) is 0 Å². The van der Waals surface area contributed by atoms with E-state index in [-0.39, 0.29) is 11.6 Å². The molecule has 3 rings (SSSR count). The number of phenolic OH excluding ortho intramolecular Hbond substituents is 1. The minimum atomic E-state index is -0.470. The Labute approximate surface area is 134 Å². The summed E-state index contributed by atoms with van der Waals surface area (Å²) in [5.74, 6) is -0.797.